The second kappa shape index (κ2) is 6.69. The predicted molar refractivity (Wildman–Crippen MR) is 80.2 cm³/mol. The van der Waals surface area contributed by atoms with Crippen LogP contribution in [0.2, 0.25) is 0 Å². The molecule has 1 aromatic rings. The molecular weight excluding hydrogens is 240 g/mol. The summed E-state index contributed by atoms with van der Waals surface area (Å²) >= 11 is 1.98. The van der Waals surface area contributed by atoms with Crippen LogP contribution in [0, 0.1) is 5.92 Å². The molecule has 0 amide bonds. The van der Waals surface area contributed by atoms with Crippen LogP contribution in [0.15, 0.2) is 12.1 Å². The molecule has 0 spiro atoms. The molecule has 1 unspecified atom stereocenters. The Kier molecular flexibility index (Phi) is 5.22. The van der Waals surface area contributed by atoms with E-state index in [2.05, 4.69) is 43.1 Å². The van der Waals surface area contributed by atoms with Crippen LogP contribution in [0.3, 0.4) is 0 Å². The summed E-state index contributed by atoms with van der Waals surface area (Å²) in [6.45, 7) is 11.6. The van der Waals surface area contributed by atoms with E-state index in [1.165, 1.54) is 42.2 Å². The highest BCUT2D eigenvalue weighted by Gasteiger charge is 2.22. The van der Waals surface area contributed by atoms with E-state index >= 15 is 0 Å². The zero-order valence-corrected chi connectivity index (χ0v) is 12.7. The molecule has 102 valence electrons. The maximum atomic E-state index is 3.56. The lowest BCUT2D eigenvalue weighted by molar-refractivity contribution is 0.315. The molecule has 1 aliphatic heterocycles. The Labute approximate surface area is 115 Å². The van der Waals surface area contributed by atoms with Gasteiger partial charge in [0.2, 0.25) is 0 Å². The molecule has 1 N–H and O–H groups in total. The maximum Gasteiger partial charge on any atom is 0.0328 e. The van der Waals surface area contributed by atoms with E-state index in [-0.39, 0.29) is 0 Å². The largest absolute Gasteiger partial charge is 0.314 e. The summed E-state index contributed by atoms with van der Waals surface area (Å²) in [5.41, 5.74) is 0. The first kappa shape index (κ1) is 14.0. The normalized spacial score (nSPS) is 21.0. The lowest BCUT2D eigenvalue weighted by atomic mass is 10.1. The number of likely N-dealkylation sites (tertiary alicyclic amines) is 1. The standard InChI is InChI=1S/C15H26N2S/c1-4-14-5-6-15(18-14)11-17-8-7-13(10-17)9-16-12(2)3/h5-6,12-13,16H,4,7-11H2,1-3H3. The summed E-state index contributed by atoms with van der Waals surface area (Å²) in [6, 6.07) is 5.21. The predicted octanol–water partition coefficient (Wildman–Crippen LogP) is 3.13. The minimum Gasteiger partial charge on any atom is -0.314 e. The molecule has 0 saturated carbocycles. The highest BCUT2D eigenvalue weighted by atomic mass is 32.1. The van der Waals surface area contributed by atoms with Crippen LogP contribution in [0.5, 0.6) is 0 Å². The van der Waals surface area contributed by atoms with Crippen molar-refractivity contribution in [2.24, 2.45) is 5.92 Å². The fourth-order valence-electron chi connectivity index (χ4n) is 2.54. The fourth-order valence-corrected chi connectivity index (χ4v) is 3.54. The van der Waals surface area contributed by atoms with Crippen LogP contribution < -0.4 is 5.32 Å². The average Bonchev–Trinajstić information content (AvgIpc) is 2.96. The number of hydrogen-bond donors (Lipinski definition) is 1. The van der Waals surface area contributed by atoms with Crippen LogP contribution in [0.1, 0.15) is 36.9 Å². The smallest absolute Gasteiger partial charge is 0.0328 e. The lowest BCUT2D eigenvalue weighted by Gasteiger charge is -2.16. The van der Waals surface area contributed by atoms with Gasteiger partial charge in [-0.1, -0.05) is 20.8 Å². The number of nitrogens with one attached hydrogen (secondary N) is 1. The van der Waals surface area contributed by atoms with Gasteiger partial charge in [0.25, 0.3) is 0 Å². The number of rotatable bonds is 6. The van der Waals surface area contributed by atoms with Crippen molar-refractivity contribution in [1.29, 1.82) is 0 Å². The molecule has 1 saturated heterocycles. The zero-order valence-electron chi connectivity index (χ0n) is 11.9. The van der Waals surface area contributed by atoms with E-state index in [0.717, 1.165) is 12.5 Å². The van der Waals surface area contributed by atoms with Gasteiger partial charge < -0.3 is 5.32 Å². The highest BCUT2D eigenvalue weighted by Crippen LogP contribution is 2.22. The van der Waals surface area contributed by atoms with Gasteiger partial charge in [-0.15, -0.1) is 11.3 Å². The molecule has 18 heavy (non-hydrogen) atoms. The minimum absolute atomic E-state index is 0.614. The molecule has 2 rings (SSSR count). The van der Waals surface area contributed by atoms with Crippen molar-refractivity contribution in [3.63, 3.8) is 0 Å². The summed E-state index contributed by atoms with van der Waals surface area (Å²) in [5, 5.41) is 3.56. The van der Waals surface area contributed by atoms with E-state index in [9.17, 15) is 0 Å². The highest BCUT2D eigenvalue weighted by molar-refractivity contribution is 7.11. The van der Waals surface area contributed by atoms with Gasteiger partial charge >= 0.3 is 0 Å². The molecule has 3 heteroatoms. The summed E-state index contributed by atoms with van der Waals surface area (Å²) in [7, 11) is 0. The molecule has 1 aliphatic rings. The zero-order chi connectivity index (χ0) is 13.0. The Hall–Kier alpha value is -0.380. The topological polar surface area (TPSA) is 15.3 Å². The molecule has 1 aromatic heterocycles. The third-order valence-electron chi connectivity index (χ3n) is 3.63. The van der Waals surface area contributed by atoms with E-state index in [1.807, 2.05) is 11.3 Å². The second-order valence-electron chi connectivity index (χ2n) is 5.67. The summed E-state index contributed by atoms with van der Waals surface area (Å²) in [6.07, 6.45) is 2.53. The van der Waals surface area contributed by atoms with Crippen LogP contribution in [-0.4, -0.2) is 30.6 Å². The van der Waals surface area contributed by atoms with Crippen molar-refractivity contribution < 1.29 is 0 Å². The SMILES string of the molecule is CCc1ccc(CN2CCC(CNC(C)C)C2)s1. The van der Waals surface area contributed by atoms with E-state index < -0.39 is 0 Å². The molecule has 0 aromatic carbocycles. The molecule has 0 radical (unpaired) electrons. The first-order valence-electron chi connectivity index (χ1n) is 7.20. The molecule has 2 heterocycles. The number of thiophene rings is 1. The van der Waals surface area contributed by atoms with Crippen molar-refractivity contribution in [1.82, 2.24) is 10.2 Å². The molecule has 0 aliphatic carbocycles. The lowest BCUT2D eigenvalue weighted by Crippen LogP contribution is -2.30. The molecule has 2 nitrogen and oxygen atoms in total. The van der Waals surface area contributed by atoms with E-state index in [4.69, 9.17) is 0 Å². The average molecular weight is 266 g/mol. The van der Waals surface area contributed by atoms with Crippen molar-refractivity contribution in [3.8, 4) is 0 Å². The molecular formula is C15H26N2S. The van der Waals surface area contributed by atoms with Crippen LogP contribution in [0.25, 0.3) is 0 Å². The Balaban J connectivity index is 1.75. The van der Waals surface area contributed by atoms with Gasteiger partial charge in [-0.3, -0.25) is 4.90 Å². The van der Waals surface area contributed by atoms with Crippen molar-refractivity contribution in [3.05, 3.63) is 21.9 Å². The first-order chi connectivity index (χ1) is 8.67. The van der Waals surface area contributed by atoms with Gasteiger partial charge in [-0.2, -0.15) is 0 Å². The Morgan fingerprint density at radius 1 is 1.39 bits per heavy atom. The monoisotopic (exact) mass is 266 g/mol. The van der Waals surface area contributed by atoms with E-state index in [0.29, 0.717) is 6.04 Å². The maximum absolute atomic E-state index is 3.56. The van der Waals surface area contributed by atoms with Crippen LogP contribution in [0.4, 0.5) is 0 Å². The van der Waals surface area contributed by atoms with Gasteiger partial charge in [0.05, 0.1) is 0 Å². The third kappa shape index (κ3) is 4.08. The first-order valence-corrected chi connectivity index (χ1v) is 8.02. The van der Waals surface area contributed by atoms with Crippen molar-refractivity contribution >= 4 is 11.3 Å². The number of nitrogens with zero attached hydrogens (tertiary/aromatic N) is 1. The van der Waals surface area contributed by atoms with Gasteiger partial charge in [0, 0.05) is 28.9 Å². The summed E-state index contributed by atoms with van der Waals surface area (Å²) in [4.78, 5) is 5.66. The van der Waals surface area contributed by atoms with Crippen LogP contribution in [-0.2, 0) is 13.0 Å². The quantitative estimate of drug-likeness (QED) is 0.851. The van der Waals surface area contributed by atoms with Gasteiger partial charge in [-0.25, -0.2) is 0 Å². The van der Waals surface area contributed by atoms with E-state index in [1.54, 1.807) is 0 Å². The van der Waals surface area contributed by atoms with Crippen molar-refractivity contribution in [2.45, 2.75) is 46.2 Å². The summed E-state index contributed by atoms with van der Waals surface area (Å²) in [5.74, 6) is 0.845. The Morgan fingerprint density at radius 2 is 2.17 bits per heavy atom. The molecule has 1 fully saturated rings. The number of hydrogen-bond acceptors (Lipinski definition) is 3. The summed E-state index contributed by atoms with van der Waals surface area (Å²) < 4.78 is 0. The van der Waals surface area contributed by atoms with Gasteiger partial charge in [0.15, 0.2) is 0 Å². The van der Waals surface area contributed by atoms with Gasteiger partial charge in [-0.05, 0) is 44.0 Å². The van der Waals surface area contributed by atoms with Gasteiger partial charge in [0.1, 0.15) is 0 Å². The third-order valence-corrected chi connectivity index (χ3v) is 4.84. The van der Waals surface area contributed by atoms with Crippen molar-refractivity contribution in [2.75, 3.05) is 19.6 Å². The number of aryl methyl sites for hydroxylation is 1. The molecule has 1 atom stereocenters. The second-order valence-corrected chi connectivity index (χ2v) is 6.93. The van der Waals surface area contributed by atoms with Crippen LogP contribution >= 0.6 is 11.3 Å². The molecule has 0 bridgehead atoms. The fraction of sp³-hybridized carbons (Fsp3) is 0.733. The Bertz CT molecular complexity index is 359. The Morgan fingerprint density at radius 3 is 2.83 bits per heavy atom. The minimum atomic E-state index is 0.614.